The maximum Gasteiger partial charge on any atom is 0.261 e. The molecule has 12 nitrogen and oxygen atoms in total. The van der Waals surface area contributed by atoms with Crippen molar-refractivity contribution in [3.05, 3.63) is 191 Å². The number of rotatable bonds is 14. The first-order valence-electron chi connectivity index (χ1n) is 24.9. The minimum atomic E-state index is -1.65. The fourth-order valence-corrected chi connectivity index (χ4v) is 9.47. The van der Waals surface area contributed by atoms with Gasteiger partial charge in [-0.05, 0) is 121 Å². The van der Waals surface area contributed by atoms with Crippen molar-refractivity contribution in [2.24, 2.45) is 0 Å². The molecule has 4 unspecified atom stereocenters. The minimum Gasteiger partial charge on any atom is -0.378 e. The maximum atomic E-state index is 15.0. The first kappa shape index (κ1) is 52.8. The van der Waals surface area contributed by atoms with Crippen molar-refractivity contribution in [1.82, 2.24) is 20.6 Å². The number of pyridine rings is 2. The Kier molecular flexibility index (Phi) is 16.3. The average molecular weight is 971 g/mol. The predicted octanol–water partition coefficient (Wildman–Crippen LogP) is 10.4. The number of anilines is 2. The molecule has 1 aliphatic carbocycles. The van der Waals surface area contributed by atoms with Gasteiger partial charge in [0.25, 0.3) is 11.8 Å². The molecule has 0 aliphatic heterocycles. The first-order valence-corrected chi connectivity index (χ1v) is 24.9. The molecular formula is C60H70N6O6. The highest BCUT2D eigenvalue weighted by Gasteiger charge is 2.40. The third-order valence-corrected chi connectivity index (χ3v) is 13.3. The Hall–Kier alpha value is -7.02. The summed E-state index contributed by atoms with van der Waals surface area (Å²) in [6.45, 7) is 18.2. The van der Waals surface area contributed by atoms with E-state index >= 15 is 4.79 Å². The van der Waals surface area contributed by atoms with Crippen LogP contribution >= 0.6 is 0 Å². The smallest absolute Gasteiger partial charge is 0.261 e. The van der Waals surface area contributed by atoms with Crippen molar-refractivity contribution in [1.29, 1.82) is 0 Å². The summed E-state index contributed by atoms with van der Waals surface area (Å²) >= 11 is 0. The summed E-state index contributed by atoms with van der Waals surface area (Å²) in [5.41, 5.74) is 4.59. The summed E-state index contributed by atoms with van der Waals surface area (Å²) in [5.74, 6) is -2.27. The van der Waals surface area contributed by atoms with E-state index in [2.05, 4.69) is 62.1 Å². The molecule has 2 aromatic heterocycles. The molecule has 1 fully saturated rings. The van der Waals surface area contributed by atoms with Gasteiger partial charge in [-0.1, -0.05) is 139 Å². The summed E-state index contributed by atoms with van der Waals surface area (Å²) in [5, 5.41) is 30.2. The molecule has 4 aromatic carbocycles. The van der Waals surface area contributed by atoms with Crippen molar-refractivity contribution in [3.8, 4) is 0 Å². The Morgan fingerprint density at radius 3 is 1.50 bits per heavy atom. The van der Waals surface area contributed by atoms with Gasteiger partial charge in [0, 0.05) is 58.9 Å². The number of nitrogens with one attached hydrogen (secondary N) is 2. The zero-order valence-electron chi connectivity index (χ0n) is 43.0. The Bertz CT molecular complexity index is 2790. The second-order valence-corrected chi connectivity index (χ2v) is 22.1. The fourth-order valence-electron chi connectivity index (χ4n) is 9.47. The number of hydrogen-bond donors (Lipinski definition) is 4. The van der Waals surface area contributed by atoms with Gasteiger partial charge in [-0.3, -0.25) is 38.9 Å². The van der Waals surface area contributed by atoms with Crippen LogP contribution in [0.5, 0.6) is 0 Å². The molecule has 4 amide bonds. The number of carbonyl (C=O) groups excluding carboxylic acids is 4. The van der Waals surface area contributed by atoms with E-state index < -0.39 is 53.5 Å². The highest BCUT2D eigenvalue weighted by Crippen LogP contribution is 2.39. The van der Waals surface area contributed by atoms with Gasteiger partial charge in [0.15, 0.2) is 12.2 Å². The van der Waals surface area contributed by atoms with E-state index in [9.17, 15) is 24.6 Å². The van der Waals surface area contributed by atoms with Gasteiger partial charge in [0.1, 0.15) is 12.1 Å². The molecule has 376 valence electrons. The number of aliphatic hydroxyl groups excluding tert-OH is 2. The average Bonchev–Trinajstić information content (AvgIpc) is 3.36. The van der Waals surface area contributed by atoms with Crippen LogP contribution in [0.3, 0.4) is 0 Å². The van der Waals surface area contributed by atoms with Crippen molar-refractivity contribution in [3.63, 3.8) is 0 Å². The van der Waals surface area contributed by atoms with Gasteiger partial charge in [-0.2, -0.15) is 0 Å². The highest BCUT2D eigenvalue weighted by molar-refractivity contribution is 6.04. The van der Waals surface area contributed by atoms with E-state index in [4.69, 9.17) is 0 Å². The molecule has 4 N–H and O–H groups in total. The van der Waals surface area contributed by atoms with Gasteiger partial charge >= 0.3 is 0 Å². The molecule has 6 aromatic rings. The van der Waals surface area contributed by atoms with Crippen LogP contribution in [0.25, 0.3) is 0 Å². The lowest BCUT2D eigenvalue weighted by molar-refractivity contribution is -0.131. The third-order valence-electron chi connectivity index (χ3n) is 13.3. The van der Waals surface area contributed by atoms with E-state index in [0.717, 1.165) is 29.5 Å². The van der Waals surface area contributed by atoms with Crippen LogP contribution in [-0.4, -0.2) is 55.4 Å². The summed E-state index contributed by atoms with van der Waals surface area (Å²) in [7, 11) is 0. The molecule has 1 saturated carbocycles. The summed E-state index contributed by atoms with van der Waals surface area (Å²) in [6.07, 6.45) is 5.93. The topological polar surface area (TPSA) is 165 Å². The summed E-state index contributed by atoms with van der Waals surface area (Å²) < 4.78 is 0. The van der Waals surface area contributed by atoms with Gasteiger partial charge in [-0.15, -0.1) is 0 Å². The molecule has 0 radical (unpaired) electrons. The molecule has 6 atom stereocenters. The van der Waals surface area contributed by atoms with E-state index in [1.807, 2.05) is 93.6 Å². The fraction of sp³-hybridized carbons (Fsp3) is 0.367. The van der Waals surface area contributed by atoms with E-state index in [0.29, 0.717) is 46.5 Å². The van der Waals surface area contributed by atoms with Crippen molar-refractivity contribution >= 4 is 35.0 Å². The number of amides is 4. The Balaban J connectivity index is 1.18. The zero-order valence-corrected chi connectivity index (χ0v) is 43.0. The first-order chi connectivity index (χ1) is 34.1. The SMILES string of the molecule is CC(C)(C)NC(=O)C(c1cccnc1)N(C(=O)[C@H](O)c1cccc(C2CCCC(NC(=O)C(c3cccnc3)N(C(=O)[C@H](O)c3ccccc3)c3ccc(C(C)(C)C)cc3)C2)c1)c1ccc(C(C)(C)C)cc1. The van der Waals surface area contributed by atoms with E-state index in [1.54, 1.807) is 79.4 Å². The quantitative estimate of drug-likeness (QED) is 0.0838. The molecule has 12 heteroatoms. The van der Waals surface area contributed by atoms with E-state index in [1.165, 1.54) is 9.80 Å². The molecule has 0 bridgehead atoms. The number of hydrogen-bond acceptors (Lipinski definition) is 8. The number of nitrogens with zero attached hydrogens (tertiary/aromatic N) is 4. The standard InChI is InChI=1S/C60H70N6O6/c1-58(2,3)45-25-29-48(30-26-45)65(56(71)52(67)39-17-11-10-12-18-39)50(43-22-15-33-61-37-43)54(69)63-47-24-14-20-41(36-47)40-19-13-21-42(35-40)53(68)57(72)66(49-31-27-46(28-32-49)59(4,5)6)51(44-23-16-34-62-38-44)55(70)64-60(7,8)9/h10-13,15-19,21-23,25-35,37-38,41,47,50-53,67-68H,14,20,24,36H2,1-9H3,(H,63,69)(H,64,70)/t41?,47?,50?,51?,52-,53-/m1/s1. The van der Waals surface area contributed by atoms with Crippen LogP contribution in [0.1, 0.15) is 157 Å². The molecule has 2 heterocycles. The summed E-state index contributed by atoms with van der Waals surface area (Å²) in [4.78, 5) is 70.4. The molecule has 7 rings (SSSR count). The highest BCUT2D eigenvalue weighted by atomic mass is 16.3. The van der Waals surface area contributed by atoms with Gasteiger partial charge < -0.3 is 20.8 Å². The molecule has 72 heavy (non-hydrogen) atoms. The largest absolute Gasteiger partial charge is 0.378 e. The van der Waals surface area contributed by atoms with Crippen LogP contribution < -0.4 is 20.4 Å². The Labute approximate surface area is 424 Å². The maximum absolute atomic E-state index is 15.0. The lowest BCUT2D eigenvalue weighted by Crippen LogP contribution is -2.50. The monoisotopic (exact) mass is 971 g/mol. The lowest BCUT2D eigenvalue weighted by atomic mass is 9.80. The number of carbonyl (C=O) groups is 4. The lowest BCUT2D eigenvalue weighted by Gasteiger charge is -2.36. The van der Waals surface area contributed by atoms with Gasteiger partial charge in [0.05, 0.1) is 0 Å². The number of aromatic nitrogens is 2. The Morgan fingerprint density at radius 2 is 1.03 bits per heavy atom. The van der Waals surface area contributed by atoms with Crippen LogP contribution in [0, 0.1) is 0 Å². The summed E-state index contributed by atoms with van der Waals surface area (Å²) in [6, 6.07) is 35.3. The molecular weight excluding hydrogens is 901 g/mol. The predicted molar refractivity (Wildman–Crippen MR) is 283 cm³/mol. The van der Waals surface area contributed by atoms with Crippen LogP contribution in [-0.2, 0) is 30.0 Å². The molecule has 1 aliphatic rings. The van der Waals surface area contributed by atoms with Crippen molar-refractivity contribution in [2.75, 3.05) is 9.80 Å². The second-order valence-electron chi connectivity index (χ2n) is 22.1. The van der Waals surface area contributed by atoms with Crippen LogP contribution in [0.2, 0.25) is 0 Å². The van der Waals surface area contributed by atoms with Crippen LogP contribution in [0.15, 0.2) is 152 Å². The van der Waals surface area contributed by atoms with Crippen molar-refractivity contribution in [2.45, 2.75) is 141 Å². The normalized spacial score (nSPS) is 16.9. The molecule has 0 saturated heterocycles. The minimum absolute atomic E-state index is 0.0625. The zero-order chi connectivity index (χ0) is 52.0. The third kappa shape index (κ3) is 12.7. The number of aliphatic hydroxyl groups is 2. The number of benzene rings is 4. The van der Waals surface area contributed by atoms with Gasteiger partial charge in [0.2, 0.25) is 11.8 Å². The second kappa shape index (κ2) is 22.2. The Morgan fingerprint density at radius 1 is 0.556 bits per heavy atom. The molecule has 0 spiro atoms. The van der Waals surface area contributed by atoms with E-state index in [-0.39, 0.29) is 22.8 Å². The van der Waals surface area contributed by atoms with Gasteiger partial charge in [-0.25, -0.2) is 0 Å². The van der Waals surface area contributed by atoms with Crippen LogP contribution in [0.4, 0.5) is 11.4 Å². The van der Waals surface area contributed by atoms with Crippen molar-refractivity contribution < 1.29 is 29.4 Å².